The third-order valence-corrected chi connectivity index (χ3v) is 20.9. The van der Waals surface area contributed by atoms with Crippen LogP contribution in [0.1, 0.15) is 188 Å². The molecule has 6 aliphatic carbocycles. The Labute approximate surface area is 472 Å². The van der Waals surface area contributed by atoms with E-state index < -0.39 is 127 Å². The van der Waals surface area contributed by atoms with Crippen molar-refractivity contribution in [3.63, 3.8) is 0 Å². The number of hydrogen-bond acceptors (Lipinski definition) is 19. The summed E-state index contributed by atoms with van der Waals surface area (Å²) in [5.41, 5.74) is -1.79. The number of rotatable bonds is 19. The van der Waals surface area contributed by atoms with Gasteiger partial charge in [0.1, 0.15) is 18.8 Å². The van der Waals surface area contributed by atoms with Crippen LogP contribution in [0.3, 0.4) is 0 Å². The van der Waals surface area contributed by atoms with Crippen molar-refractivity contribution in [3.8, 4) is 0 Å². The quantitative estimate of drug-likeness (QED) is 0.0954. The summed E-state index contributed by atoms with van der Waals surface area (Å²) in [7, 11) is 0. The molecular weight excluding hydrogens is 1040 g/mol. The molecule has 452 valence electrons. The Morgan fingerprint density at radius 2 is 1.04 bits per heavy atom. The third-order valence-electron chi connectivity index (χ3n) is 20.9. The van der Waals surface area contributed by atoms with Gasteiger partial charge in [-0.3, -0.25) is 43.2 Å². The first kappa shape index (κ1) is 64.3. The molecule has 0 aromatic rings. The normalized spacial score (nSPS) is 37.8. The number of hydrogen-bond donors (Lipinski definition) is 2. The predicted octanol–water partition coefficient (Wildman–Crippen LogP) is 7.22. The Balaban J connectivity index is 1.36. The minimum atomic E-state index is -2.79. The zero-order valence-corrected chi connectivity index (χ0v) is 50.4. The lowest BCUT2D eigenvalue weighted by Gasteiger charge is -2.73. The molecule has 0 aliphatic heterocycles. The van der Waals surface area contributed by atoms with Gasteiger partial charge >= 0.3 is 47.8 Å². The number of esters is 8. The molecule has 6 aliphatic rings. The Hall–Kier alpha value is -4.85. The molecule has 0 saturated heterocycles. The second-order valence-corrected chi connectivity index (χ2v) is 26.4. The number of fused-ring (bicyclic) bond motifs is 7. The highest BCUT2D eigenvalue weighted by atomic mass is 16.7. The van der Waals surface area contributed by atoms with E-state index in [-0.39, 0.29) is 34.5 Å². The topological polar surface area (TPSA) is 269 Å². The molecule has 6 rings (SSSR count). The van der Waals surface area contributed by atoms with Crippen LogP contribution in [0, 0.1) is 62.6 Å². The first-order valence-corrected chi connectivity index (χ1v) is 29.0. The van der Waals surface area contributed by atoms with Crippen LogP contribution in [0.5, 0.6) is 0 Å². The number of carbonyl (C=O) groups is 9. The monoisotopic (exact) mass is 1130 g/mol. The summed E-state index contributed by atoms with van der Waals surface area (Å²) in [6, 6.07) is -1.73. The molecule has 2 N–H and O–H groups in total. The molecule has 10 unspecified atom stereocenters. The van der Waals surface area contributed by atoms with Crippen molar-refractivity contribution in [1.82, 2.24) is 5.32 Å². The second-order valence-electron chi connectivity index (χ2n) is 26.4. The first-order chi connectivity index (χ1) is 37.1. The SMILES string of the molecule is CC(=O)NC1C(OC(C)=O)C(OC(C)=O)C(OC(C)=O)C(O)(COC(C)=O)C1OCC(OC(C)=O)C(OC(C)=O)C(OC(C)=O)C(C[C@@H](C)[C@H]1CC[C@]2(C)[C@H]3CC[C@@H]4[C@@]5(C)CCCC(C)(C)[C@@H]5CC[C@@]4(C)[C@]3(C)CC[C@@H]12)OC(C)=O. The molecule has 0 heterocycles. The summed E-state index contributed by atoms with van der Waals surface area (Å²) in [4.78, 5) is 117. The number of carbonyl (C=O) groups excluding carboxylic acids is 9. The highest BCUT2D eigenvalue weighted by molar-refractivity contribution is 5.74. The van der Waals surface area contributed by atoms with Gasteiger partial charge in [-0.15, -0.1) is 0 Å². The largest absolute Gasteiger partial charge is 0.463 e. The lowest BCUT2D eigenvalue weighted by molar-refractivity contribution is -0.280. The lowest BCUT2D eigenvalue weighted by atomic mass is 9.32. The smallest absolute Gasteiger partial charge is 0.303 e. The van der Waals surface area contributed by atoms with Gasteiger partial charge in [0.15, 0.2) is 42.2 Å². The minimum Gasteiger partial charge on any atom is -0.463 e. The Kier molecular flexibility index (Phi) is 19.7. The molecule has 20 nitrogen and oxygen atoms in total. The maximum atomic E-state index is 13.3. The van der Waals surface area contributed by atoms with Gasteiger partial charge < -0.3 is 53.1 Å². The van der Waals surface area contributed by atoms with Gasteiger partial charge in [0.05, 0.1) is 12.6 Å². The first-order valence-electron chi connectivity index (χ1n) is 29.0. The average molecular weight is 1130 g/mol. The van der Waals surface area contributed by atoms with Gasteiger partial charge in [0.2, 0.25) is 5.91 Å². The summed E-state index contributed by atoms with van der Waals surface area (Å²) < 4.78 is 52.3. The summed E-state index contributed by atoms with van der Waals surface area (Å²) in [6.45, 7) is 25.0. The van der Waals surface area contributed by atoms with Crippen LogP contribution in [0.15, 0.2) is 0 Å². The minimum absolute atomic E-state index is 0.0283. The maximum Gasteiger partial charge on any atom is 0.303 e. The Morgan fingerprint density at radius 3 is 1.56 bits per heavy atom. The predicted molar refractivity (Wildman–Crippen MR) is 286 cm³/mol. The molecule has 6 saturated carbocycles. The maximum absolute atomic E-state index is 13.3. The van der Waals surface area contributed by atoms with Crippen molar-refractivity contribution in [2.24, 2.45) is 62.6 Å². The van der Waals surface area contributed by atoms with E-state index in [2.05, 4.69) is 53.8 Å². The molecule has 20 atom stereocenters. The Morgan fingerprint density at radius 1 is 0.525 bits per heavy atom. The van der Waals surface area contributed by atoms with E-state index in [1.807, 2.05) is 0 Å². The summed E-state index contributed by atoms with van der Waals surface area (Å²) in [6.07, 6.45) is -1.32. The molecule has 80 heavy (non-hydrogen) atoms. The van der Waals surface area contributed by atoms with Gasteiger partial charge in [-0.2, -0.15) is 0 Å². The van der Waals surface area contributed by atoms with E-state index >= 15 is 0 Å². The van der Waals surface area contributed by atoms with Crippen LogP contribution < -0.4 is 5.32 Å². The van der Waals surface area contributed by atoms with E-state index in [4.69, 9.17) is 42.6 Å². The van der Waals surface area contributed by atoms with Crippen LogP contribution in [-0.4, -0.2) is 132 Å². The van der Waals surface area contributed by atoms with E-state index in [1.54, 1.807) is 0 Å². The second kappa shape index (κ2) is 24.5. The molecule has 0 bridgehead atoms. The molecule has 20 heteroatoms. The number of nitrogens with one attached hydrogen (secondary N) is 1. The van der Waals surface area contributed by atoms with Gasteiger partial charge in [0, 0.05) is 62.3 Å². The summed E-state index contributed by atoms with van der Waals surface area (Å²) in [5, 5.41) is 15.4. The zero-order valence-electron chi connectivity index (χ0n) is 50.4. The fraction of sp³-hybridized carbons (Fsp3) is 0.850. The number of ether oxygens (including phenoxy) is 9. The highest BCUT2D eigenvalue weighted by Gasteiger charge is 2.71. The van der Waals surface area contributed by atoms with Crippen molar-refractivity contribution in [2.45, 2.75) is 248 Å². The average Bonchev–Trinajstić information content (AvgIpc) is 3.69. The van der Waals surface area contributed by atoms with E-state index in [0.29, 0.717) is 34.5 Å². The van der Waals surface area contributed by atoms with Crippen molar-refractivity contribution in [1.29, 1.82) is 0 Å². The Bertz CT molecular complexity index is 2360. The number of aliphatic hydroxyl groups is 1. The standard InChI is InChI=1S/C60H93NO19/c1-31(41-20-25-56(13)42(41)21-26-58(15)46(56)18-19-47-57(14)24-17-23-55(11,12)45(57)22-27-59(47,58)16)28-43(74-34(4)64)49(76-36(6)66)50(77-37(7)67)44(75-35(5)65)29-72-53-48(61-32(2)62)51(78-38(8)68)52(79-39(9)69)54(80-40(10)70)60(53,71)30-73-33(3)63/h31,41-54,71H,17-30H2,1-16H3,(H,61,62)/t31-,41-,42+,43?,44?,45+,46-,47-,48?,49?,50?,51?,52?,53?,54?,56+,57+,58-,59-,60?/m1/s1. The van der Waals surface area contributed by atoms with Crippen molar-refractivity contribution in [3.05, 3.63) is 0 Å². The van der Waals surface area contributed by atoms with Crippen LogP contribution in [0.2, 0.25) is 0 Å². The van der Waals surface area contributed by atoms with Crippen LogP contribution in [-0.2, 0) is 85.8 Å². The fourth-order valence-electron chi connectivity index (χ4n) is 18.0. The van der Waals surface area contributed by atoms with E-state index in [1.165, 1.54) is 51.9 Å². The highest BCUT2D eigenvalue weighted by Crippen LogP contribution is 2.78. The van der Waals surface area contributed by atoms with Crippen LogP contribution >= 0.6 is 0 Å². The third kappa shape index (κ3) is 12.8. The molecule has 0 aromatic heterocycles. The number of amides is 1. The van der Waals surface area contributed by atoms with Crippen molar-refractivity contribution in [2.75, 3.05) is 13.2 Å². The van der Waals surface area contributed by atoms with Gasteiger partial charge in [-0.1, -0.05) is 54.9 Å². The zero-order chi connectivity index (χ0) is 59.8. The molecule has 6 fully saturated rings. The molecule has 1 amide bonds. The van der Waals surface area contributed by atoms with Gasteiger partial charge in [0.25, 0.3) is 0 Å². The van der Waals surface area contributed by atoms with Crippen molar-refractivity contribution >= 4 is 53.7 Å². The van der Waals surface area contributed by atoms with Gasteiger partial charge in [-0.25, -0.2) is 0 Å². The van der Waals surface area contributed by atoms with E-state index in [9.17, 15) is 48.3 Å². The van der Waals surface area contributed by atoms with E-state index in [0.717, 1.165) is 81.1 Å². The molecule has 0 radical (unpaired) electrons. The molecular formula is C60H93NO19. The molecule has 0 aromatic carbocycles. The van der Waals surface area contributed by atoms with Crippen molar-refractivity contribution < 1.29 is 90.9 Å². The lowest BCUT2D eigenvalue weighted by Crippen LogP contribution is -2.77. The summed E-state index contributed by atoms with van der Waals surface area (Å²) >= 11 is 0. The van der Waals surface area contributed by atoms with Crippen LogP contribution in [0.25, 0.3) is 0 Å². The van der Waals surface area contributed by atoms with Crippen LogP contribution in [0.4, 0.5) is 0 Å². The molecule has 0 spiro atoms. The summed E-state index contributed by atoms with van der Waals surface area (Å²) in [5.74, 6) is -6.06. The fourth-order valence-corrected chi connectivity index (χ4v) is 18.0. The van der Waals surface area contributed by atoms with Gasteiger partial charge in [-0.05, 0) is 133 Å².